The van der Waals surface area contributed by atoms with Gasteiger partial charge in [0, 0.05) is 18.7 Å². The average Bonchev–Trinajstić information content (AvgIpc) is 3.06. The van der Waals surface area contributed by atoms with Crippen LogP contribution >= 0.6 is 0 Å². The Kier molecular flexibility index (Phi) is 6.67. The zero-order chi connectivity index (χ0) is 25.1. The molecule has 2 aliphatic rings. The van der Waals surface area contributed by atoms with E-state index in [1.54, 1.807) is 12.1 Å². The lowest BCUT2D eigenvalue weighted by Gasteiger charge is -2.27. The molecule has 1 unspecified atom stereocenters. The fraction of sp³-hybridized carbons (Fsp3) is 0.250. The first-order valence-corrected chi connectivity index (χ1v) is 10.9. The lowest BCUT2D eigenvalue weighted by molar-refractivity contribution is -0.136. The van der Waals surface area contributed by atoms with Crippen molar-refractivity contribution < 1.29 is 33.2 Å². The summed E-state index contributed by atoms with van der Waals surface area (Å²) in [6.07, 6.45) is 1.01. The van der Waals surface area contributed by atoms with Crippen LogP contribution in [0.4, 0.5) is 10.1 Å². The molecule has 0 aromatic heterocycles. The van der Waals surface area contributed by atoms with E-state index in [2.05, 4.69) is 16.0 Å². The number of anilines is 1. The number of imide groups is 2. The van der Waals surface area contributed by atoms with E-state index >= 15 is 0 Å². The van der Waals surface area contributed by atoms with Gasteiger partial charge in [0.1, 0.15) is 11.9 Å². The van der Waals surface area contributed by atoms with Crippen molar-refractivity contribution in [3.63, 3.8) is 0 Å². The molecule has 11 heteroatoms. The normalized spacial score (nSPS) is 17.2. The predicted octanol–water partition coefficient (Wildman–Crippen LogP) is 0.914. The summed E-state index contributed by atoms with van der Waals surface area (Å²) in [5.74, 6) is -4.63. The van der Waals surface area contributed by atoms with Gasteiger partial charge in [-0.05, 0) is 55.2 Å². The van der Waals surface area contributed by atoms with Crippen molar-refractivity contribution in [1.82, 2.24) is 15.5 Å². The van der Waals surface area contributed by atoms with Crippen molar-refractivity contribution in [3.8, 4) is 0 Å². The number of aryl methyl sites for hydroxylation is 1. The zero-order valence-corrected chi connectivity index (χ0v) is 18.4. The molecule has 0 bridgehead atoms. The Morgan fingerprint density at radius 1 is 1.00 bits per heavy atom. The summed E-state index contributed by atoms with van der Waals surface area (Å²) in [6, 6.07) is 8.89. The summed E-state index contributed by atoms with van der Waals surface area (Å²) in [7, 11) is 0. The second kappa shape index (κ2) is 9.84. The van der Waals surface area contributed by atoms with Crippen LogP contribution in [0, 0.1) is 5.82 Å². The number of piperidine rings is 1. The summed E-state index contributed by atoms with van der Waals surface area (Å²) in [4.78, 5) is 73.9. The maximum absolute atomic E-state index is 13.2. The molecule has 180 valence electrons. The molecule has 6 amide bonds. The van der Waals surface area contributed by atoms with Crippen molar-refractivity contribution in [2.75, 3.05) is 11.9 Å². The number of nitrogens with zero attached hydrogens (tertiary/aromatic N) is 1. The van der Waals surface area contributed by atoms with Crippen LogP contribution in [0.5, 0.6) is 0 Å². The van der Waals surface area contributed by atoms with Crippen LogP contribution in [-0.4, -0.2) is 52.9 Å². The molecule has 2 aromatic carbocycles. The molecule has 0 radical (unpaired) electrons. The standard InChI is InChI=1S/C24H21FN4O6/c25-14-4-1-5-15(12-14)27-22(33)21(32)26-10-2-3-13-6-7-16-17(11-13)24(35)29(23(16)34)18-8-9-19(30)28-20(18)31/h1,4-7,11-12,18H,2-3,8-10H2,(H,26,32)(H,27,33)(H,28,30,31). The lowest BCUT2D eigenvalue weighted by atomic mass is 10.0. The van der Waals surface area contributed by atoms with E-state index in [1.807, 2.05) is 0 Å². The lowest BCUT2D eigenvalue weighted by Crippen LogP contribution is -2.54. The molecule has 1 saturated heterocycles. The molecule has 0 saturated carbocycles. The Hall–Kier alpha value is -4.41. The first kappa shape index (κ1) is 23.7. The van der Waals surface area contributed by atoms with Crippen LogP contribution in [0.25, 0.3) is 0 Å². The molecular weight excluding hydrogens is 459 g/mol. The fourth-order valence-corrected chi connectivity index (χ4v) is 4.00. The van der Waals surface area contributed by atoms with Crippen LogP contribution in [-0.2, 0) is 25.6 Å². The molecule has 1 atom stereocenters. The van der Waals surface area contributed by atoms with Crippen molar-refractivity contribution in [2.24, 2.45) is 0 Å². The van der Waals surface area contributed by atoms with Gasteiger partial charge in [-0.2, -0.15) is 0 Å². The number of carbonyl (C=O) groups excluding carboxylic acids is 6. The number of hydrogen-bond donors (Lipinski definition) is 3. The minimum atomic E-state index is -1.03. The van der Waals surface area contributed by atoms with Crippen LogP contribution in [0.15, 0.2) is 42.5 Å². The van der Waals surface area contributed by atoms with Crippen LogP contribution < -0.4 is 16.0 Å². The van der Waals surface area contributed by atoms with Crippen molar-refractivity contribution >= 4 is 41.1 Å². The van der Waals surface area contributed by atoms with Gasteiger partial charge in [0.05, 0.1) is 11.1 Å². The fourth-order valence-electron chi connectivity index (χ4n) is 4.00. The summed E-state index contributed by atoms with van der Waals surface area (Å²) < 4.78 is 13.2. The molecule has 2 aliphatic heterocycles. The number of amides is 6. The molecule has 0 aliphatic carbocycles. The third-order valence-corrected chi connectivity index (χ3v) is 5.72. The van der Waals surface area contributed by atoms with Gasteiger partial charge >= 0.3 is 11.8 Å². The van der Waals surface area contributed by atoms with Gasteiger partial charge in [0.25, 0.3) is 11.8 Å². The van der Waals surface area contributed by atoms with Gasteiger partial charge < -0.3 is 10.6 Å². The summed E-state index contributed by atoms with van der Waals surface area (Å²) in [6.45, 7) is 0.168. The summed E-state index contributed by atoms with van der Waals surface area (Å²) in [5.41, 5.74) is 1.25. The van der Waals surface area contributed by atoms with Crippen molar-refractivity contribution in [1.29, 1.82) is 0 Å². The predicted molar refractivity (Wildman–Crippen MR) is 119 cm³/mol. The van der Waals surface area contributed by atoms with Gasteiger partial charge in [-0.1, -0.05) is 12.1 Å². The first-order chi connectivity index (χ1) is 16.7. The quantitative estimate of drug-likeness (QED) is 0.319. The molecule has 35 heavy (non-hydrogen) atoms. The summed E-state index contributed by atoms with van der Waals surface area (Å²) in [5, 5.41) is 6.92. The van der Waals surface area contributed by atoms with E-state index in [9.17, 15) is 33.2 Å². The van der Waals surface area contributed by atoms with Gasteiger partial charge in [0.2, 0.25) is 11.8 Å². The SMILES string of the molecule is O=C1CCC(N2C(=O)c3ccc(CCCNC(=O)C(=O)Nc4cccc(F)c4)cc3C2=O)C(=O)N1. The average molecular weight is 480 g/mol. The Balaban J connectivity index is 1.30. The van der Waals surface area contributed by atoms with Crippen LogP contribution in [0.2, 0.25) is 0 Å². The van der Waals surface area contributed by atoms with Crippen molar-refractivity contribution in [2.45, 2.75) is 31.7 Å². The van der Waals surface area contributed by atoms with E-state index in [0.717, 1.165) is 16.5 Å². The Morgan fingerprint density at radius 3 is 2.51 bits per heavy atom. The molecule has 0 spiro atoms. The largest absolute Gasteiger partial charge is 0.348 e. The highest BCUT2D eigenvalue weighted by Crippen LogP contribution is 2.28. The van der Waals surface area contributed by atoms with Crippen molar-refractivity contribution in [3.05, 3.63) is 65.0 Å². The topological polar surface area (TPSA) is 142 Å². The number of hydrogen-bond acceptors (Lipinski definition) is 6. The summed E-state index contributed by atoms with van der Waals surface area (Å²) >= 11 is 0. The van der Waals surface area contributed by atoms with Crippen LogP contribution in [0.1, 0.15) is 45.5 Å². The maximum atomic E-state index is 13.2. The van der Waals surface area contributed by atoms with Crippen LogP contribution in [0.3, 0.4) is 0 Å². The maximum Gasteiger partial charge on any atom is 0.313 e. The van der Waals surface area contributed by atoms with Gasteiger partial charge in [-0.3, -0.25) is 39.0 Å². The smallest absolute Gasteiger partial charge is 0.313 e. The van der Waals surface area contributed by atoms with Gasteiger partial charge in [-0.25, -0.2) is 4.39 Å². The Morgan fingerprint density at radius 2 is 1.77 bits per heavy atom. The highest BCUT2D eigenvalue weighted by Gasteiger charge is 2.44. The Bertz CT molecular complexity index is 1260. The molecule has 3 N–H and O–H groups in total. The number of halogens is 1. The number of fused-ring (bicyclic) bond motifs is 1. The van der Waals surface area contributed by atoms with Gasteiger partial charge in [0.15, 0.2) is 0 Å². The number of nitrogens with one attached hydrogen (secondary N) is 3. The molecular formula is C24H21FN4O6. The third kappa shape index (κ3) is 5.08. The highest BCUT2D eigenvalue weighted by molar-refractivity contribution is 6.39. The molecule has 4 rings (SSSR count). The van der Waals surface area contributed by atoms with E-state index in [0.29, 0.717) is 12.8 Å². The minimum absolute atomic E-state index is 0.0427. The number of carbonyl (C=O) groups is 6. The monoisotopic (exact) mass is 480 g/mol. The van der Waals surface area contributed by atoms with E-state index in [1.165, 1.54) is 24.3 Å². The third-order valence-electron chi connectivity index (χ3n) is 5.72. The Labute approximate surface area is 198 Å². The zero-order valence-electron chi connectivity index (χ0n) is 18.4. The molecule has 2 aromatic rings. The second-order valence-electron chi connectivity index (χ2n) is 8.15. The molecule has 2 heterocycles. The number of benzene rings is 2. The molecule has 10 nitrogen and oxygen atoms in total. The second-order valence-corrected chi connectivity index (χ2v) is 8.15. The number of rotatable bonds is 6. The molecule has 1 fully saturated rings. The van der Waals surface area contributed by atoms with E-state index < -0.39 is 47.3 Å². The highest BCUT2D eigenvalue weighted by atomic mass is 19.1. The van der Waals surface area contributed by atoms with E-state index in [-0.39, 0.29) is 36.2 Å². The first-order valence-electron chi connectivity index (χ1n) is 10.9. The minimum Gasteiger partial charge on any atom is -0.348 e. The van der Waals surface area contributed by atoms with Gasteiger partial charge in [-0.15, -0.1) is 0 Å². The van der Waals surface area contributed by atoms with E-state index in [4.69, 9.17) is 0 Å².